The van der Waals surface area contributed by atoms with Gasteiger partial charge in [0.25, 0.3) is 0 Å². The molecule has 1 heterocycles. The van der Waals surface area contributed by atoms with Gasteiger partial charge in [-0.15, -0.1) is 0 Å². The van der Waals surface area contributed by atoms with Crippen LogP contribution in [0, 0.1) is 0 Å². The number of rotatable bonds is 8. The molecular formula is C17H27N2O. The van der Waals surface area contributed by atoms with Crippen LogP contribution in [0.1, 0.15) is 38.2 Å². The van der Waals surface area contributed by atoms with Gasteiger partial charge in [-0.1, -0.05) is 44.4 Å². The number of benzene rings is 1. The molecule has 3 heteroatoms. The zero-order valence-corrected chi connectivity index (χ0v) is 12.7. The second kappa shape index (κ2) is 8.98. The predicted molar refractivity (Wildman–Crippen MR) is 83.2 cm³/mol. The van der Waals surface area contributed by atoms with Crippen LogP contribution in [0.5, 0.6) is 5.75 Å². The van der Waals surface area contributed by atoms with Gasteiger partial charge in [0.2, 0.25) is 0 Å². The molecule has 0 atom stereocenters. The van der Waals surface area contributed by atoms with Crippen LogP contribution in [0.4, 0.5) is 0 Å². The molecule has 3 nitrogen and oxygen atoms in total. The summed E-state index contributed by atoms with van der Waals surface area (Å²) >= 11 is 0. The summed E-state index contributed by atoms with van der Waals surface area (Å²) in [7, 11) is 0. The molecule has 0 aromatic heterocycles. The first kappa shape index (κ1) is 15.3. The maximum atomic E-state index is 5.98. The van der Waals surface area contributed by atoms with Crippen molar-refractivity contribution in [2.45, 2.75) is 39.2 Å². The van der Waals surface area contributed by atoms with Crippen molar-refractivity contribution < 1.29 is 4.74 Å². The van der Waals surface area contributed by atoms with Gasteiger partial charge in [0.15, 0.2) is 0 Å². The smallest absolute Gasteiger partial charge is 0.123 e. The van der Waals surface area contributed by atoms with Crippen molar-refractivity contribution in [3.63, 3.8) is 0 Å². The van der Waals surface area contributed by atoms with Crippen LogP contribution in [0.25, 0.3) is 0 Å². The van der Waals surface area contributed by atoms with Crippen LogP contribution in [-0.4, -0.2) is 37.7 Å². The molecular weight excluding hydrogens is 248 g/mol. The predicted octanol–water partition coefficient (Wildman–Crippen LogP) is 3.07. The number of para-hydroxylation sites is 1. The van der Waals surface area contributed by atoms with Crippen LogP contribution < -0.4 is 10.1 Å². The van der Waals surface area contributed by atoms with E-state index in [1.54, 1.807) is 0 Å². The van der Waals surface area contributed by atoms with E-state index in [1.807, 2.05) is 0 Å². The van der Waals surface area contributed by atoms with E-state index in [1.165, 1.54) is 24.8 Å². The average Bonchev–Trinajstić information content (AvgIpc) is 2.50. The first-order valence-corrected chi connectivity index (χ1v) is 7.96. The van der Waals surface area contributed by atoms with E-state index in [4.69, 9.17) is 4.74 Å². The normalized spacial score (nSPS) is 16.2. The van der Waals surface area contributed by atoms with Gasteiger partial charge in [-0.05, 0) is 12.5 Å². The van der Waals surface area contributed by atoms with Crippen molar-refractivity contribution >= 4 is 0 Å². The Morgan fingerprint density at radius 3 is 2.70 bits per heavy atom. The lowest BCUT2D eigenvalue weighted by Gasteiger charge is -2.27. The molecule has 0 amide bonds. The first-order valence-electron chi connectivity index (χ1n) is 7.96. The highest BCUT2D eigenvalue weighted by Crippen LogP contribution is 2.20. The summed E-state index contributed by atoms with van der Waals surface area (Å²) in [5, 5.41) is 4.40. The van der Waals surface area contributed by atoms with Gasteiger partial charge in [0.05, 0.1) is 6.61 Å². The Hall–Kier alpha value is -1.06. The van der Waals surface area contributed by atoms with E-state index in [0.717, 1.165) is 51.5 Å². The Morgan fingerprint density at radius 2 is 1.90 bits per heavy atom. The summed E-state index contributed by atoms with van der Waals surface area (Å²) in [5.41, 5.74) is 1.31. The molecule has 0 spiro atoms. The van der Waals surface area contributed by atoms with Gasteiger partial charge in [-0.2, -0.15) is 0 Å². The number of unbranched alkanes of at least 4 members (excludes halogenated alkanes) is 3. The molecule has 0 unspecified atom stereocenters. The minimum Gasteiger partial charge on any atom is -0.493 e. The summed E-state index contributed by atoms with van der Waals surface area (Å²) < 4.78 is 5.98. The van der Waals surface area contributed by atoms with Crippen molar-refractivity contribution in [3.05, 3.63) is 29.8 Å². The van der Waals surface area contributed by atoms with Crippen LogP contribution >= 0.6 is 0 Å². The maximum Gasteiger partial charge on any atom is 0.123 e. The Kier molecular flexibility index (Phi) is 6.89. The van der Waals surface area contributed by atoms with Crippen LogP contribution in [0.3, 0.4) is 0 Å². The van der Waals surface area contributed by atoms with Gasteiger partial charge in [0, 0.05) is 38.3 Å². The molecule has 1 saturated heterocycles. The Labute approximate surface area is 123 Å². The molecule has 2 rings (SSSR count). The second-order valence-corrected chi connectivity index (χ2v) is 5.46. The third kappa shape index (κ3) is 5.14. The highest BCUT2D eigenvalue weighted by Gasteiger charge is 2.12. The summed E-state index contributed by atoms with van der Waals surface area (Å²) in [4.78, 5) is 2.46. The minimum absolute atomic E-state index is 0.840. The van der Waals surface area contributed by atoms with Gasteiger partial charge in [0.1, 0.15) is 5.75 Å². The van der Waals surface area contributed by atoms with Crippen molar-refractivity contribution in [2.75, 3.05) is 32.8 Å². The van der Waals surface area contributed by atoms with E-state index in [0.29, 0.717) is 0 Å². The monoisotopic (exact) mass is 275 g/mol. The number of hydrogen-bond donors (Lipinski definition) is 0. The third-order valence-electron chi connectivity index (χ3n) is 3.77. The van der Waals surface area contributed by atoms with E-state index < -0.39 is 0 Å². The molecule has 20 heavy (non-hydrogen) atoms. The lowest BCUT2D eigenvalue weighted by Crippen LogP contribution is -2.39. The van der Waals surface area contributed by atoms with E-state index in [9.17, 15) is 0 Å². The summed E-state index contributed by atoms with van der Waals surface area (Å²) in [6.45, 7) is 8.16. The molecule has 1 aromatic carbocycles. The number of ether oxygens (including phenoxy) is 1. The van der Waals surface area contributed by atoms with Gasteiger partial charge in [-0.25, -0.2) is 5.32 Å². The van der Waals surface area contributed by atoms with Crippen molar-refractivity contribution in [1.29, 1.82) is 0 Å². The van der Waals surface area contributed by atoms with Crippen molar-refractivity contribution in [1.82, 2.24) is 10.2 Å². The summed E-state index contributed by atoms with van der Waals surface area (Å²) in [6, 6.07) is 8.46. The molecule has 1 aliphatic rings. The van der Waals surface area contributed by atoms with Crippen LogP contribution in [0.15, 0.2) is 24.3 Å². The number of hydrogen-bond acceptors (Lipinski definition) is 2. The lowest BCUT2D eigenvalue weighted by atomic mass is 10.1. The van der Waals surface area contributed by atoms with Crippen LogP contribution in [-0.2, 0) is 6.54 Å². The molecule has 1 aromatic rings. The zero-order chi connectivity index (χ0) is 14.0. The largest absolute Gasteiger partial charge is 0.493 e. The Morgan fingerprint density at radius 1 is 1.10 bits per heavy atom. The molecule has 0 aliphatic carbocycles. The van der Waals surface area contributed by atoms with E-state index in [-0.39, 0.29) is 0 Å². The lowest BCUT2D eigenvalue weighted by molar-refractivity contribution is 0.224. The van der Waals surface area contributed by atoms with Gasteiger partial charge < -0.3 is 4.74 Å². The van der Waals surface area contributed by atoms with Gasteiger partial charge in [-0.3, -0.25) is 4.90 Å². The molecule has 0 N–H and O–H groups in total. The van der Waals surface area contributed by atoms with E-state index >= 15 is 0 Å². The fourth-order valence-electron chi connectivity index (χ4n) is 2.53. The fourth-order valence-corrected chi connectivity index (χ4v) is 2.53. The number of nitrogens with zero attached hydrogens (tertiary/aromatic N) is 2. The quantitative estimate of drug-likeness (QED) is 0.682. The Bertz CT molecular complexity index is 375. The second-order valence-electron chi connectivity index (χ2n) is 5.46. The fraction of sp³-hybridized carbons (Fsp3) is 0.647. The topological polar surface area (TPSA) is 26.6 Å². The summed E-state index contributed by atoms with van der Waals surface area (Å²) in [5.74, 6) is 1.06. The standard InChI is InChI=1S/C17H27N2O/c1-2-3-4-7-14-20-17-9-6-5-8-16(17)15-19-12-10-18-11-13-19/h5-6,8-9H,2-4,7,10-15H2,1H3. The SMILES string of the molecule is CCCCCCOc1ccccc1CN1CC[N]CC1. The van der Waals surface area contributed by atoms with Crippen LogP contribution in [0.2, 0.25) is 0 Å². The molecule has 111 valence electrons. The molecule has 1 fully saturated rings. The first-order chi connectivity index (χ1) is 9.90. The van der Waals surface area contributed by atoms with E-state index in [2.05, 4.69) is 41.4 Å². The third-order valence-corrected chi connectivity index (χ3v) is 3.77. The zero-order valence-electron chi connectivity index (χ0n) is 12.7. The van der Waals surface area contributed by atoms with Crippen molar-refractivity contribution in [3.8, 4) is 5.75 Å². The molecule has 0 saturated carbocycles. The maximum absolute atomic E-state index is 5.98. The molecule has 0 bridgehead atoms. The van der Waals surface area contributed by atoms with Crippen molar-refractivity contribution in [2.24, 2.45) is 0 Å². The molecule has 1 aliphatic heterocycles. The Balaban J connectivity index is 1.82. The highest BCUT2D eigenvalue weighted by atomic mass is 16.5. The highest BCUT2D eigenvalue weighted by molar-refractivity contribution is 5.33. The number of piperazine rings is 1. The molecule has 1 radical (unpaired) electrons. The minimum atomic E-state index is 0.840. The summed E-state index contributed by atoms with van der Waals surface area (Å²) in [6.07, 6.45) is 5.01. The van der Waals surface area contributed by atoms with Gasteiger partial charge >= 0.3 is 0 Å². The average molecular weight is 275 g/mol.